The molecule has 0 amide bonds. The number of unbranched alkanes of at least 4 members (excludes halogenated alkanes) is 7. The highest BCUT2D eigenvalue weighted by molar-refractivity contribution is 6.63. The first kappa shape index (κ1) is 13.6. The number of carbonyl (C=O) groups is 2. The second-order valence-electron chi connectivity index (χ2n) is 3.54. The molecule has 0 radical (unpaired) electrons. The van der Waals surface area contributed by atoms with Crippen LogP contribution in [0.25, 0.3) is 0 Å². The molecule has 2 nitrogen and oxygen atoms in total. The van der Waals surface area contributed by atoms with E-state index in [1.165, 1.54) is 19.3 Å². The summed E-state index contributed by atoms with van der Waals surface area (Å²) in [6, 6.07) is 0. The largest absolute Gasteiger partial charge is 0.303 e. The Labute approximate surface area is 91.0 Å². The molecule has 0 N–H and O–H groups in total. The number of carbonyl (C=O) groups excluding carboxylic acids is 2. The number of halogens is 1. The van der Waals surface area contributed by atoms with Gasteiger partial charge in [0.1, 0.15) is 6.29 Å². The van der Waals surface area contributed by atoms with E-state index in [4.69, 9.17) is 11.6 Å². The average Bonchev–Trinajstić information content (AvgIpc) is 2.15. The molecule has 0 rings (SSSR count). The summed E-state index contributed by atoms with van der Waals surface area (Å²) in [4.78, 5) is 20.4. The van der Waals surface area contributed by atoms with Gasteiger partial charge in [-0.15, -0.1) is 0 Å². The molecule has 0 aromatic rings. The van der Waals surface area contributed by atoms with E-state index in [1.54, 1.807) is 0 Å². The molecule has 14 heavy (non-hydrogen) atoms. The molecule has 0 saturated heterocycles. The number of hydrogen-bond donors (Lipinski definition) is 0. The summed E-state index contributed by atoms with van der Waals surface area (Å²) in [6.07, 6.45) is 9.92. The van der Waals surface area contributed by atoms with Gasteiger partial charge in [0.05, 0.1) is 0 Å². The van der Waals surface area contributed by atoms with Gasteiger partial charge in [0.25, 0.3) is 0 Å². The fourth-order valence-electron chi connectivity index (χ4n) is 1.38. The van der Waals surface area contributed by atoms with Crippen molar-refractivity contribution < 1.29 is 9.59 Å². The van der Waals surface area contributed by atoms with Gasteiger partial charge in [-0.05, 0) is 24.4 Å². The molecule has 3 heteroatoms. The van der Waals surface area contributed by atoms with Crippen molar-refractivity contribution in [1.82, 2.24) is 0 Å². The number of rotatable bonds is 10. The zero-order valence-corrected chi connectivity index (χ0v) is 9.39. The van der Waals surface area contributed by atoms with Gasteiger partial charge in [0.2, 0.25) is 5.24 Å². The van der Waals surface area contributed by atoms with Crippen molar-refractivity contribution in [3.63, 3.8) is 0 Å². The van der Waals surface area contributed by atoms with E-state index >= 15 is 0 Å². The zero-order chi connectivity index (χ0) is 10.6. The topological polar surface area (TPSA) is 34.1 Å². The smallest absolute Gasteiger partial charge is 0.221 e. The minimum Gasteiger partial charge on any atom is -0.303 e. The van der Waals surface area contributed by atoms with Gasteiger partial charge in [-0.3, -0.25) is 4.79 Å². The Morgan fingerprint density at radius 3 is 1.93 bits per heavy atom. The van der Waals surface area contributed by atoms with Crippen LogP contribution in [0.3, 0.4) is 0 Å². The van der Waals surface area contributed by atoms with Crippen molar-refractivity contribution in [2.24, 2.45) is 0 Å². The average molecular weight is 219 g/mol. The van der Waals surface area contributed by atoms with Gasteiger partial charge >= 0.3 is 0 Å². The monoisotopic (exact) mass is 218 g/mol. The zero-order valence-electron chi connectivity index (χ0n) is 8.64. The summed E-state index contributed by atoms with van der Waals surface area (Å²) in [5, 5.41) is -0.226. The highest BCUT2D eigenvalue weighted by Crippen LogP contribution is 2.09. The minimum absolute atomic E-state index is 0.226. The fraction of sp³-hybridized carbons (Fsp3) is 0.818. The third-order valence-corrected chi connectivity index (χ3v) is 2.38. The minimum atomic E-state index is -0.226. The summed E-state index contributed by atoms with van der Waals surface area (Å²) >= 11 is 5.20. The van der Waals surface area contributed by atoms with Crippen molar-refractivity contribution in [2.75, 3.05) is 0 Å². The van der Waals surface area contributed by atoms with Crippen LogP contribution in [0.1, 0.15) is 57.8 Å². The van der Waals surface area contributed by atoms with Crippen molar-refractivity contribution >= 4 is 23.1 Å². The van der Waals surface area contributed by atoms with E-state index in [0.29, 0.717) is 12.8 Å². The maximum Gasteiger partial charge on any atom is 0.221 e. The standard InChI is InChI=1S/C11H19ClO2/c12-11(14)9-7-5-3-1-2-4-6-8-10-13/h10H,1-9H2. The molecule has 0 bridgehead atoms. The Hall–Kier alpha value is -0.370. The molecule has 0 spiro atoms. The lowest BCUT2D eigenvalue weighted by atomic mass is 10.1. The van der Waals surface area contributed by atoms with Crippen molar-refractivity contribution in [2.45, 2.75) is 57.8 Å². The van der Waals surface area contributed by atoms with Crippen molar-refractivity contribution in [3.8, 4) is 0 Å². The summed E-state index contributed by atoms with van der Waals surface area (Å²) < 4.78 is 0. The Balaban J connectivity index is 2.92. The molecule has 0 fully saturated rings. The van der Waals surface area contributed by atoms with E-state index in [2.05, 4.69) is 0 Å². The third-order valence-electron chi connectivity index (χ3n) is 2.20. The third kappa shape index (κ3) is 11.6. The first-order valence-electron chi connectivity index (χ1n) is 5.39. The molecular weight excluding hydrogens is 200 g/mol. The van der Waals surface area contributed by atoms with E-state index in [-0.39, 0.29) is 5.24 Å². The van der Waals surface area contributed by atoms with Gasteiger partial charge in [-0.1, -0.05) is 32.1 Å². The molecule has 0 heterocycles. The van der Waals surface area contributed by atoms with Crippen molar-refractivity contribution in [3.05, 3.63) is 0 Å². The van der Waals surface area contributed by atoms with Crippen LogP contribution in [0.4, 0.5) is 0 Å². The molecule has 0 aliphatic carbocycles. The first-order valence-corrected chi connectivity index (χ1v) is 5.77. The normalized spacial score (nSPS) is 10.1. The Morgan fingerprint density at radius 2 is 1.43 bits per heavy atom. The molecule has 82 valence electrons. The molecule has 0 aliphatic heterocycles. The lowest BCUT2D eigenvalue weighted by Crippen LogP contribution is -1.86. The Morgan fingerprint density at radius 1 is 0.929 bits per heavy atom. The second kappa shape index (κ2) is 10.7. The Kier molecular flexibility index (Phi) is 10.4. The molecular formula is C11H19ClO2. The van der Waals surface area contributed by atoms with Crippen LogP contribution in [0.2, 0.25) is 0 Å². The van der Waals surface area contributed by atoms with Crippen LogP contribution < -0.4 is 0 Å². The highest BCUT2D eigenvalue weighted by atomic mass is 35.5. The van der Waals surface area contributed by atoms with Crippen LogP contribution in [0.5, 0.6) is 0 Å². The van der Waals surface area contributed by atoms with E-state index in [0.717, 1.165) is 32.0 Å². The fourth-order valence-corrected chi connectivity index (χ4v) is 1.51. The predicted octanol–water partition coefficient (Wildman–Crippen LogP) is 3.46. The van der Waals surface area contributed by atoms with Gasteiger partial charge < -0.3 is 4.79 Å². The summed E-state index contributed by atoms with van der Waals surface area (Å²) in [6.45, 7) is 0. The molecule has 0 aromatic carbocycles. The van der Waals surface area contributed by atoms with Crippen molar-refractivity contribution in [1.29, 1.82) is 0 Å². The van der Waals surface area contributed by atoms with E-state index in [9.17, 15) is 9.59 Å². The highest BCUT2D eigenvalue weighted by Gasteiger charge is 1.95. The van der Waals surface area contributed by atoms with Crippen LogP contribution in [-0.2, 0) is 9.59 Å². The number of hydrogen-bond acceptors (Lipinski definition) is 2. The molecule has 0 aliphatic rings. The second-order valence-corrected chi connectivity index (χ2v) is 3.96. The lowest BCUT2D eigenvalue weighted by Gasteiger charge is -1.99. The van der Waals surface area contributed by atoms with Crippen LogP contribution in [-0.4, -0.2) is 11.5 Å². The van der Waals surface area contributed by atoms with Gasteiger partial charge in [-0.25, -0.2) is 0 Å². The summed E-state index contributed by atoms with van der Waals surface area (Å²) in [7, 11) is 0. The quantitative estimate of drug-likeness (QED) is 0.320. The van der Waals surface area contributed by atoms with Crippen LogP contribution >= 0.6 is 11.6 Å². The van der Waals surface area contributed by atoms with E-state index < -0.39 is 0 Å². The van der Waals surface area contributed by atoms with Gasteiger partial charge in [-0.2, -0.15) is 0 Å². The number of aldehydes is 1. The SMILES string of the molecule is O=CCCCCCCCCCC(=O)Cl. The van der Waals surface area contributed by atoms with Crippen LogP contribution in [0, 0.1) is 0 Å². The Bertz CT molecular complexity index is 157. The molecule has 0 aromatic heterocycles. The van der Waals surface area contributed by atoms with Crippen LogP contribution in [0.15, 0.2) is 0 Å². The maximum atomic E-state index is 10.4. The maximum absolute atomic E-state index is 10.4. The van der Waals surface area contributed by atoms with E-state index in [1.807, 2.05) is 0 Å². The predicted molar refractivity (Wildman–Crippen MR) is 58.5 cm³/mol. The van der Waals surface area contributed by atoms with Gasteiger partial charge in [0, 0.05) is 12.8 Å². The summed E-state index contributed by atoms with van der Waals surface area (Å²) in [5.74, 6) is 0. The lowest BCUT2D eigenvalue weighted by molar-refractivity contribution is -0.111. The molecule has 0 unspecified atom stereocenters. The molecule has 0 saturated carbocycles. The van der Waals surface area contributed by atoms with Gasteiger partial charge in [0.15, 0.2) is 0 Å². The summed E-state index contributed by atoms with van der Waals surface area (Å²) in [5.41, 5.74) is 0. The molecule has 0 atom stereocenters. The first-order chi connectivity index (χ1) is 6.77.